The molecule has 114 valence electrons. The molecular weight excluding hydrogens is 272 g/mol. The largest absolute Gasteiger partial charge is 0.481 e. The summed E-state index contributed by atoms with van der Waals surface area (Å²) in [6.07, 6.45) is 4.02. The third-order valence-corrected chi connectivity index (χ3v) is 4.39. The minimum Gasteiger partial charge on any atom is -0.481 e. The van der Waals surface area contributed by atoms with Crippen LogP contribution in [-0.2, 0) is 22.6 Å². The molecule has 0 aliphatic carbocycles. The zero-order chi connectivity index (χ0) is 14.8. The second-order valence-corrected chi connectivity index (χ2v) is 5.84. The summed E-state index contributed by atoms with van der Waals surface area (Å²) in [4.78, 5) is 32.3. The number of aromatic amines is 1. The van der Waals surface area contributed by atoms with Crippen molar-refractivity contribution >= 4 is 11.9 Å². The highest BCUT2D eigenvalue weighted by atomic mass is 16.4. The summed E-state index contributed by atoms with van der Waals surface area (Å²) in [6, 6.07) is -0.209. The molecule has 2 aliphatic rings. The smallest absolute Gasteiger partial charge is 0.303 e. The maximum atomic E-state index is 12.5. The molecule has 0 radical (unpaired) electrons. The van der Waals surface area contributed by atoms with E-state index in [2.05, 4.69) is 15.3 Å². The standard InChI is InChI=1S/C14H20N4O3/c19-13(20)2-1-9-3-4-18(7-9)14(21)11-5-10-12(6-15-11)17-8-16-10/h8-9,11,15H,1-7H2,(H,16,17)(H,19,20). The van der Waals surface area contributed by atoms with Crippen molar-refractivity contribution in [3.05, 3.63) is 17.7 Å². The Balaban J connectivity index is 1.54. The van der Waals surface area contributed by atoms with Gasteiger partial charge in [0.15, 0.2) is 0 Å². The van der Waals surface area contributed by atoms with Gasteiger partial charge in [-0.1, -0.05) is 0 Å². The van der Waals surface area contributed by atoms with E-state index in [1.54, 1.807) is 6.33 Å². The van der Waals surface area contributed by atoms with Crippen LogP contribution in [0.4, 0.5) is 0 Å². The number of carboxylic acid groups (broad SMARTS) is 1. The number of carbonyl (C=O) groups excluding carboxylic acids is 1. The fourth-order valence-electron chi connectivity index (χ4n) is 3.16. The van der Waals surface area contributed by atoms with Gasteiger partial charge in [0.05, 0.1) is 23.8 Å². The van der Waals surface area contributed by atoms with Crippen LogP contribution >= 0.6 is 0 Å². The van der Waals surface area contributed by atoms with E-state index in [0.717, 1.165) is 24.4 Å². The minimum atomic E-state index is -0.764. The summed E-state index contributed by atoms with van der Waals surface area (Å²) in [5.41, 5.74) is 2.02. The van der Waals surface area contributed by atoms with Gasteiger partial charge in [-0.3, -0.25) is 14.9 Å². The predicted molar refractivity (Wildman–Crippen MR) is 74.5 cm³/mol. The Kier molecular flexibility index (Phi) is 3.92. The molecule has 2 aliphatic heterocycles. The zero-order valence-electron chi connectivity index (χ0n) is 11.8. The Morgan fingerprint density at radius 3 is 3.14 bits per heavy atom. The van der Waals surface area contributed by atoms with Gasteiger partial charge in [-0.25, -0.2) is 4.98 Å². The number of carbonyl (C=O) groups is 2. The van der Waals surface area contributed by atoms with Gasteiger partial charge in [0, 0.05) is 32.5 Å². The van der Waals surface area contributed by atoms with Crippen molar-refractivity contribution in [2.75, 3.05) is 13.1 Å². The van der Waals surface area contributed by atoms with Gasteiger partial charge in [-0.2, -0.15) is 0 Å². The number of H-pyrrole nitrogens is 1. The highest BCUT2D eigenvalue weighted by Crippen LogP contribution is 2.23. The number of carboxylic acids is 1. The number of aliphatic carboxylic acids is 1. The molecule has 0 bridgehead atoms. The topological polar surface area (TPSA) is 98.3 Å². The number of amides is 1. The van der Waals surface area contributed by atoms with Gasteiger partial charge in [-0.05, 0) is 18.8 Å². The Hall–Kier alpha value is -1.89. The van der Waals surface area contributed by atoms with E-state index in [-0.39, 0.29) is 18.4 Å². The first kappa shape index (κ1) is 14.1. The summed E-state index contributed by atoms with van der Waals surface area (Å²) >= 11 is 0. The second kappa shape index (κ2) is 5.85. The van der Waals surface area contributed by atoms with Crippen LogP contribution < -0.4 is 5.32 Å². The van der Waals surface area contributed by atoms with Crippen molar-refractivity contribution in [1.82, 2.24) is 20.2 Å². The molecule has 1 saturated heterocycles. The lowest BCUT2D eigenvalue weighted by Gasteiger charge is -2.27. The van der Waals surface area contributed by atoms with Gasteiger partial charge in [0.25, 0.3) is 0 Å². The molecule has 0 aromatic carbocycles. The van der Waals surface area contributed by atoms with Crippen molar-refractivity contribution in [2.24, 2.45) is 5.92 Å². The van der Waals surface area contributed by atoms with Crippen molar-refractivity contribution in [3.8, 4) is 0 Å². The fourth-order valence-corrected chi connectivity index (χ4v) is 3.16. The Morgan fingerprint density at radius 1 is 1.48 bits per heavy atom. The molecule has 0 saturated carbocycles. The molecule has 3 N–H and O–H groups in total. The van der Waals surface area contributed by atoms with Crippen LogP contribution in [-0.4, -0.2) is 51.0 Å². The van der Waals surface area contributed by atoms with Crippen LogP contribution in [0.15, 0.2) is 6.33 Å². The number of hydrogen-bond acceptors (Lipinski definition) is 4. The number of rotatable bonds is 4. The van der Waals surface area contributed by atoms with E-state index in [1.165, 1.54) is 0 Å². The average molecular weight is 292 g/mol. The van der Waals surface area contributed by atoms with Crippen LogP contribution in [0.1, 0.15) is 30.7 Å². The first-order valence-electron chi connectivity index (χ1n) is 7.38. The second-order valence-electron chi connectivity index (χ2n) is 5.84. The number of likely N-dealkylation sites (tertiary alicyclic amines) is 1. The monoisotopic (exact) mass is 292 g/mol. The number of nitrogens with zero attached hydrogens (tertiary/aromatic N) is 2. The summed E-state index contributed by atoms with van der Waals surface area (Å²) in [5, 5.41) is 12.0. The van der Waals surface area contributed by atoms with Crippen LogP contribution in [0.2, 0.25) is 0 Å². The number of hydrogen-bond donors (Lipinski definition) is 3. The van der Waals surface area contributed by atoms with Crippen LogP contribution in [0.3, 0.4) is 0 Å². The fraction of sp³-hybridized carbons (Fsp3) is 0.643. The van der Waals surface area contributed by atoms with E-state index < -0.39 is 5.97 Å². The molecule has 1 fully saturated rings. The zero-order valence-corrected chi connectivity index (χ0v) is 11.8. The highest BCUT2D eigenvalue weighted by molar-refractivity contribution is 5.82. The maximum Gasteiger partial charge on any atom is 0.303 e. The van der Waals surface area contributed by atoms with E-state index in [9.17, 15) is 9.59 Å². The number of nitrogens with one attached hydrogen (secondary N) is 2. The van der Waals surface area contributed by atoms with Gasteiger partial charge >= 0.3 is 5.97 Å². The summed E-state index contributed by atoms with van der Waals surface area (Å²) < 4.78 is 0. The third-order valence-electron chi connectivity index (χ3n) is 4.39. The van der Waals surface area contributed by atoms with Crippen molar-refractivity contribution in [2.45, 2.75) is 38.3 Å². The Morgan fingerprint density at radius 2 is 2.33 bits per heavy atom. The van der Waals surface area contributed by atoms with Gasteiger partial charge in [0.2, 0.25) is 5.91 Å². The Labute approximate surface area is 122 Å². The molecule has 2 unspecified atom stereocenters. The number of fused-ring (bicyclic) bond motifs is 1. The van der Waals surface area contributed by atoms with Crippen LogP contribution in [0.5, 0.6) is 0 Å². The molecule has 7 heteroatoms. The van der Waals surface area contributed by atoms with Gasteiger partial charge in [-0.15, -0.1) is 0 Å². The molecule has 0 spiro atoms. The van der Waals surface area contributed by atoms with Crippen molar-refractivity contribution in [1.29, 1.82) is 0 Å². The maximum absolute atomic E-state index is 12.5. The van der Waals surface area contributed by atoms with E-state index in [4.69, 9.17) is 5.11 Å². The molecule has 21 heavy (non-hydrogen) atoms. The first-order chi connectivity index (χ1) is 10.1. The summed E-state index contributed by atoms with van der Waals surface area (Å²) in [7, 11) is 0. The lowest BCUT2D eigenvalue weighted by atomic mass is 10.0. The summed E-state index contributed by atoms with van der Waals surface area (Å²) in [6.45, 7) is 2.05. The van der Waals surface area contributed by atoms with E-state index in [0.29, 0.717) is 31.8 Å². The highest BCUT2D eigenvalue weighted by Gasteiger charge is 2.33. The quantitative estimate of drug-likeness (QED) is 0.733. The summed E-state index contributed by atoms with van der Waals surface area (Å²) in [5.74, 6) is -0.337. The lowest BCUT2D eigenvalue weighted by Crippen LogP contribution is -2.48. The third kappa shape index (κ3) is 3.07. The van der Waals surface area contributed by atoms with Crippen molar-refractivity contribution < 1.29 is 14.7 Å². The van der Waals surface area contributed by atoms with Gasteiger partial charge < -0.3 is 15.0 Å². The average Bonchev–Trinajstić information content (AvgIpc) is 3.12. The van der Waals surface area contributed by atoms with Crippen LogP contribution in [0.25, 0.3) is 0 Å². The molecule has 1 aromatic rings. The molecule has 1 amide bonds. The molecule has 7 nitrogen and oxygen atoms in total. The van der Waals surface area contributed by atoms with Crippen LogP contribution in [0, 0.1) is 5.92 Å². The molecule has 3 heterocycles. The van der Waals surface area contributed by atoms with E-state index in [1.807, 2.05) is 4.90 Å². The SMILES string of the molecule is O=C(O)CCC1CCN(C(=O)C2Cc3nc[nH]c3CN2)C1. The molecular formula is C14H20N4O3. The molecule has 3 rings (SSSR count). The van der Waals surface area contributed by atoms with Crippen molar-refractivity contribution in [3.63, 3.8) is 0 Å². The van der Waals surface area contributed by atoms with E-state index >= 15 is 0 Å². The predicted octanol–water partition coefficient (Wildman–Crippen LogP) is 0.137. The normalized spacial score (nSPS) is 24.9. The minimum absolute atomic E-state index is 0.112. The molecule has 1 aromatic heterocycles. The number of aromatic nitrogens is 2. The first-order valence-corrected chi connectivity index (χ1v) is 7.38. The Bertz CT molecular complexity index is 542. The molecule has 2 atom stereocenters. The lowest BCUT2D eigenvalue weighted by molar-refractivity contribution is -0.137. The number of imidazole rings is 1. The van der Waals surface area contributed by atoms with Gasteiger partial charge in [0.1, 0.15) is 0 Å².